The molecule has 2 aliphatic heterocycles. The highest BCUT2D eigenvalue weighted by Gasteiger charge is 2.18. The van der Waals surface area contributed by atoms with Crippen molar-refractivity contribution in [2.75, 3.05) is 20.3 Å². The molecule has 0 spiro atoms. The molecule has 5 rings (SSSR count). The molecule has 0 amide bonds. The van der Waals surface area contributed by atoms with Gasteiger partial charge in [-0.15, -0.1) is 0 Å². The second-order valence-electron chi connectivity index (χ2n) is 7.79. The summed E-state index contributed by atoms with van der Waals surface area (Å²) in [6.45, 7) is 1.55. The van der Waals surface area contributed by atoms with E-state index in [2.05, 4.69) is 20.2 Å². The van der Waals surface area contributed by atoms with Crippen LogP contribution in [0.4, 0.5) is 8.78 Å². The predicted octanol–water partition coefficient (Wildman–Crippen LogP) is 4.84. The average molecular weight is 477 g/mol. The first kappa shape index (κ1) is 22.6. The van der Waals surface area contributed by atoms with Gasteiger partial charge in [0.05, 0.1) is 24.6 Å². The molecule has 3 heterocycles. The number of methoxy groups -OCH3 is 1. The zero-order valence-electron chi connectivity index (χ0n) is 18.8. The summed E-state index contributed by atoms with van der Waals surface area (Å²) in [4.78, 5) is 8.60. The van der Waals surface area contributed by atoms with Gasteiger partial charge in [-0.05, 0) is 36.4 Å². The molecule has 0 aliphatic carbocycles. The normalized spacial score (nSPS) is 11.3. The quantitative estimate of drug-likeness (QED) is 0.281. The van der Waals surface area contributed by atoms with E-state index in [0.717, 1.165) is 23.8 Å². The number of aromatic nitrogens is 5. The van der Waals surface area contributed by atoms with E-state index in [4.69, 9.17) is 14.0 Å². The van der Waals surface area contributed by atoms with Gasteiger partial charge in [0.2, 0.25) is 0 Å². The molecule has 0 saturated heterocycles. The smallest absolute Gasteiger partial charge is 0.169 e. The van der Waals surface area contributed by atoms with Crippen molar-refractivity contribution in [2.45, 2.75) is 13.0 Å². The Balaban J connectivity index is 1.28. The first-order valence-corrected chi connectivity index (χ1v) is 10.9. The van der Waals surface area contributed by atoms with Gasteiger partial charge in [-0.2, -0.15) is 5.10 Å². The van der Waals surface area contributed by atoms with Crippen LogP contribution >= 0.6 is 0 Å². The molecule has 0 unspecified atom stereocenters. The van der Waals surface area contributed by atoms with Crippen LogP contribution in [0.25, 0.3) is 34.0 Å². The highest BCUT2D eigenvalue weighted by molar-refractivity contribution is 5.65. The van der Waals surface area contributed by atoms with Gasteiger partial charge in [0, 0.05) is 31.8 Å². The molecule has 0 fully saturated rings. The van der Waals surface area contributed by atoms with Gasteiger partial charge in [0.1, 0.15) is 29.4 Å². The van der Waals surface area contributed by atoms with Crippen LogP contribution in [0.15, 0.2) is 65.4 Å². The zero-order valence-corrected chi connectivity index (χ0v) is 18.8. The van der Waals surface area contributed by atoms with Gasteiger partial charge < -0.3 is 14.0 Å². The van der Waals surface area contributed by atoms with E-state index in [0.29, 0.717) is 42.6 Å². The highest BCUT2D eigenvalue weighted by atomic mass is 19.2. The number of hydrogen-bond acceptors (Lipinski definition) is 7. The summed E-state index contributed by atoms with van der Waals surface area (Å²) in [5, 5.41) is 8.46. The average Bonchev–Trinajstić information content (AvgIpc) is 3.51. The lowest BCUT2D eigenvalue weighted by atomic mass is 10.1. The Morgan fingerprint density at radius 1 is 0.971 bits per heavy atom. The molecule has 8 nitrogen and oxygen atoms in total. The molecule has 2 aromatic carbocycles. The van der Waals surface area contributed by atoms with E-state index in [-0.39, 0.29) is 11.4 Å². The summed E-state index contributed by atoms with van der Waals surface area (Å²) in [7, 11) is 1.66. The number of benzene rings is 2. The number of halogens is 2. The van der Waals surface area contributed by atoms with E-state index in [1.165, 1.54) is 18.3 Å². The molecule has 2 aliphatic rings. The molecular weight excluding hydrogens is 456 g/mol. The fraction of sp³-hybridized carbons (Fsp3) is 0.200. The highest BCUT2D eigenvalue weighted by Crippen LogP contribution is 2.27. The lowest BCUT2D eigenvalue weighted by Crippen LogP contribution is -2.04. The first-order valence-electron chi connectivity index (χ1n) is 10.9. The van der Waals surface area contributed by atoms with Crippen molar-refractivity contribution in [1.82, 2.24) is 24.9 Å². The molecule has 10 heteroatoms. The van der Waals surface area contributed by atoms with Crippen LogP contribution < -0.4 is 4.74 Å². The SMILES string of the molecule is COCCCOc1ccc(-c2cc(Cn3cc4nc(-c5cccc(F)c5F)nc-4cn3)on2)cc1. The van der Waals surface area contributed by atoms with E-state index < -0.39 is 11.6 Å². The van der Waals surface area contributed by atoms with Crippen LogP contribution in [-0.4, -0.2) is 45.2 Å². The van der Waals surface area contributed by atoms with Crippen molar-refractivity contribution >= 4 is 0 Å². The van der Waals surface area contributed by atoms with Crippen LogP contribution in [0.1, 0.15) is 12.2 Å². The van der Waals surface area contributed by atoms with Crippen molar-refractivity contribution in [1.29, 1.82) is 0 Å². The second-order valence-corrected chi connectivity index (χ2v) is 7.79. The van der Waals surface area contributed by atoms with Crippen molar-refractivity contribution in [3.63, 3.8) is 0 Å². The van der Waals surface area contributed by atoms with Crippen molar-refractivity contribution in [3.8, 4) is 39.8 Å². The maximum Gasteiger partial charge on any atom is 0.169 e. The van der Waals surface area contributed by atoms with Crippen molar-refractivity contribution in [3.05, 3.63) is 78.3 Å². The van der Waals surface area contributed by atoms with Gasteiger partial charge in [0.25, 0.3) is 0 Å². The Kier molecular flexibility index (Phi) is 6.44. The van der Waals surface area contributed by atoms with Gasteiger partial charge >= 0.3 is 0 Å². The Labute approximate surface area is 199 Å². The number of fused-ring (bicyclic) bond motifs is 1. The van der Waals surface area contributed by atoms with Crippen LogP contribution in [0, 0.1) is 11.6 Å². The molecule has 35 heavy (non-hydrogen) atoms. The first-order chi connectivity index (χ1) is 17.1. The van der Waals surface area contributed by atoms with Crippen LogP contribution in [0.5, 0.6) is 5.75 Å². The summed E-state index contributed by atoms with van der Waals surface area (Å²) in [5.74, 6) is -0.467. The molecule has 178 valence electrons. The van der Waals surface area contributed by atoms with E-state index in [9.17, 15) is 8.78 Å². The number of imidazole rings is 1. The van der Waals surface area contributed by atoms with E-state index >= 15 is 0 Å². The third kappa shape index (κ3) is 5.02. The summed E-state index contributed by atoms with van der Waals surface area (Å²) >= 11 is 0. The molecule has 0 bridgehead atoms. The minimum atomic E-state index is -0.983. The minimum absolute atomic E-state index is 0.000907. The predicted molar refractivity (Wildman–Crippen MR) is 123 cm³/mol. The van der Waals surface area contributed by atoms with Crippen molar-refractivity contribution in [2.24, 2.45) is 0 Å². The van der Waals surface area contributed by atoms with E-state index in [1.54, 1.807) is 18.0 Å². The van der Waals surface area contributed by atoms with Gasteiger partial charge in [-0.1, -0.05) is 11.2 Å². The fourth-order valence-corrected chi connectivity index (χ4v) is 3.54. The molecular formula is C25H21F2N5O3. The van der Waals surface area contributed by atoms with Crippen molar-refractivity contribution < 1.29 is 22.8 Å². The summed E-state index contributed by atoms with van der Waals surface area (Å²) < 4.78 is 45.5. The Morgan fingerprint density at radius 2 is 1.80 bits per heavy atom. The van der Waals surface area contributed by atoms with Gasteiger partial charge in [-0.3, -0.25) is 4.68 Å². The lowest BCUT2D eigenvalue weighted by Gasteiger charge is -2.06. The monoisotopic (exact) mass is 477 g/mol. The van der Waals surface area contributed by atoms with Crippen LogP contribution in [0.3, 0.4) is 0 Å². The summed E-state index contributed by atoms with van der Waals surface area (Å²) in [6.07, 6.45) is 4.01. The summed E-state index contributed by atoms with van der Waals surface area (Å²) in [6, 6.07) is 13.3. The third-order valence-electron chi connectivity index (χ3n) is 5.30. The van der Waals surface area contributed by atoms with Crippen LogP contribution in [0.2, 0.25) is 0 Å². The Bertz CT molecular complexity index is 1400. The fourth-order valence-electron chi connectivity index (χ4n) is 3.54. The minimum Gasteiger partial charge on any atom is -0.494 e. The lowest BCUT2D eigenvalue weighted by molar-refractivity contribution is 0.172. The van der Waals surface area contributed by atoms with Gasteiger partial charge in [0.15, 0.2) is 23.2 Å². The molecule has 0 atom stereocenters. The van der Waals surface area contributed by atoms with Gasteiger partial charge in [-0.25, -0.2) is 18.7 Å². The number of nitrogens with zero attached hydrogens (tertiary/aromatic N) is 5. The zero-order chi connectivity index (χ0) is 24.2. The Morgan fingerprint density at radius 3 is 2.63 bits per heavy atom. The number of hydrogen-bond donors (Lipinski definition) is 0. The Hall–Kier alpha value is -4.18. The molecule has 0 saturated carbocycles. The molecule has 0 radical (unpaired) electrons. The maximum absolute atomic E-state index is 14.1. The molecule has 3 aromatic rings. The number of rotatable bonds is 9. The second kappa shape index (κ2) is 9.98. The standard InChI is InChI=1S/C25H21F2N5O3/c1-33-10-3-11-34-17-8-6-16(7-9-17)21-12-18(35-31-21)14-32-15-23-22(13-28-32)29-25(30-23)19-4-2-5-20(26)24(19)27/h2,4-9,12-13,15H,3,10-11,14H2,1H3. The summed E-state index contributed by atoms with van der Waals surface area (Å²) in [5.41, 5.74) is 2.55. The maximum atomic E-state index is 14.1. The molecule has 0 N–H and O–H groups in total. The topological polar surface area (TPSA) is 88.1 Å². The molecule has 1 aromatic heterocycles. The largest absolute Gasteiger partial charge is 0.494 e. The van der Waals surface area contributed by atoms with Crippen LogP contribution in [-0.2, 0) is 11.3 Å². The number of ether oxygens (including phenoxy) is 2. The van der Waals surface area contributed by atoms with E-state index in [1.807, 2.05) is 30.3 Å². The third-order valence-corrected chi connectivity index (χ3v) is 5.30.